The smallest absolute Gasteiger partial charge is 0.122 e. The van der Waals surface area contributed by atoms with Gasteiger partial charge in [-0.3, -0.25) is 0 Å². The number of aliphatic hydroxyl groups is 1. The minimum Gasteiger partial charge on any atom is -0.496 e. The Kier molecular flexibility index (Phi) is 5.77. The van der Waals surface area contributed by atoms with E-state index in [2.05, 4.69) is 0 Å². The van der Waals surface area contributed by atoms with Crippen LogP contribution in [0.1, 0.15) is 5.56 Å². The Morgan fingerprint density at radius 2 is 1.85 bits per heavy atom. The molecule has 106 valence electrons. The summed E-state index contributed by atoms with van der Waals surface area (Å²) in [6, 6.07) is 15.4. The van der Waals surface area contributed by atoms with Gasteiger partial charge in [-0.2, -0.15) is 0 Å². The van der Waals surface area contributed by atoms with Crippen molar-refractivity contribution in [3.05, 3.63) is 59.1 Å². The van der Waals surface area contributed by atoms with Crippen molar-refractivity contribution in [2.75, 3.05) is 12.9 Å². The molecule has 0 aliphatic rings. The van der Waals surface area contributed by atoms with Gasteiger partial charge in [0, 0.05) is 17.1 Å². The lowest BCUT2D eigenvalue weighted by atomic mass is 10.1. The van der Waals surface area contributed by atoms with Crippen molar-refractivity contribution in [3.63, 3.8) is 0 Å². The standard InChI is InChI=1S/C16H17ClO2S/c1-19-15-8-4-2-6-12(15)10-13(18)11-20-16-9-5-3-7-14(16)17/h2-9,13,18H,10-11H2,1H3. The molecule has 0 amide bonds. The van der Waals surface area contributed by atoms with E-state index in [4.69, 9.17) is 16.3 Å². The Morgan fingerprint density at radius 1 is 1.15 bits per heavy atom. The number of aliphatic hydroxyl groups excluding tert-OH is 1. The van der Waals surface area contributed by atoms with Gasteiger partial charge >= 0.3 is 0 Å². The fourth-order valence-electron chi connectivity index (χ4n) is 1.93. The van der Waals surface area contributed by atoms with Gasteiger partial charge in [-0.05, 0) is 23.8 Å². The first-order chi connectivity index (χ1) is 9.70. The minimum atomic E-state index is -0.437. The van der Waals surface area contributed by atoms with Crippen LogP contribution in [-0.2, 0) is 6.42 Å². The maximum atomic E-state index is 10.2. The molecule has 2 aromatic rings. The molecule has 4 heteroatoms. The average Bonchev–Trinajstić information content (AvgIpc) is 2.47. The van der Waals surface area contributed by atoms with Crippen LogP contribution >= 0.6 is 23.4 Å². The Morgan fingerprint density at radius 3 is 2.60 bits per heavy atom. The summed E-state index contributed by atoms with van der Waals surface area (Å²) in [6.45, 7) is 0. The van der Waals surface area contributed by atoms with Crippen LogP contribution in [0.4, 0.5) is 0 Å². The molecule has 1 N–H and O–H groups in total. The first kappa shape index (κ1) is 15.2. The summed E-state index contributed by atoms with van der Waals surface area (Å²) < 4.78 is 5.29. The van der Waals surface area contributed by atoms with Crippen LogP contribution in [0.15, 0.2) is 53.4 Å². The molecular formula is C16H17ClO2S. The molecule has 0 fully saturated rings. The van der Waals surface area contributed by atoms with Crippen LogP contribution in [0.5, 0.6) is 5.75 Å². The predicted octanol–water partition coefficient (Wildman–Crippen LogP) is 4.04. The van der Waals surface area contributed by atoms with Crippen molar-refractivity contribution in [1.82, 2.24) is 0 Å². The summed E-state index contributed by atoms with van der Waals surface area (Å²) in [4.78, 5) is 0.994. The molecule has 1 unspecified atom stereocenters. The van der Waals surface area contributed by atoms with Gasteiger partial charge in [0.15, 0.2) is 0 Å². The predicted molar refractivity (Wildman–Crippen MR) is 84.9 cm³/mol. The SMILES string of the molecule is COc1ccccc1CC(O)CSc1ccccc1Cl. The van der Waals surface area contributed by atoms with Crippen LogP contribution in [0.2, 0.25) is 5.02 Å². The normalized spacial score (nSPS) is 12.2. The fourth-order valence-corrected chi connectivity index (χ4v) is 3.10. The Labute approximate surface area is 128 Å². The molecular weight excluding hydrogens is 292 g/mol. The van der Waals surface area contributed by atoms with E-state index in [0.717, 1.165) is 21.2 Å². The van der Waals surface area contributed by atoms with Crippen molar-refractivity contribution in [2.45, 2.75) is 17.4 Å². The zero-order valence-electron chi connectivity index (χ0n) is 11.3. The molecule has 0 aliphatic carbocycles. The van der Waals surface area contributed by atoms with Crippen molar-refractivity contribution < 1.29 is 9.84 Å². The van der Waals surface area contributed by atoms with E-state index in [9.17, 15) is 5.11 Å². The van der Waals surface area contributed by atoms with Crippen LogP contribution in [-0.4, -0.2) is 24.1 Å². The maximum absolute atomic E-state index is 10.2. The van der Waals surface area contributed by atoms with Gasteiger partial charge in [-0.15, -0.1) is 11.8 Å². The van der Waals surface area contributed by atoms with Gasteiger partial charge in [0.1, 0.15) is 5.75 Å². The summed E-state index contributed by atoms with van der Waals surface area (Å²) in [7, 11) is 1.64. The summed E-state index contributed by atoms with van der Waals surface area (Å²) >= 11 is 7.66. The van der Waals surface area contributed by atoms with Crippen LogP contribution < -0.4 is 4.74 Å². The van der Waals surface area contributed by atoms with Crippen LogP contribution in [0.3, 0.4) is 0 Å². The molecule has 2 aromatic carbocycles. The van der Waals surface area contributed by atoms with E-state index in [0.29, 0.717) is 12.2 Å². The maximum Gasteiger partial charge on any atom is 0.122 e. The highest BCUT2D eigenvalue weighted by Gasteiger charge is 2.11. The van der Waals surface area contributed by atoms with E-state index in [-0.39, 0.29) is 0 Å². The van der Waals surface area contributed by atoms with E-state index >= 15 is 0 Å². The van der Waals surface area contributed by atoms with Gasteiger partial charge in [-0.25, -0.2) is 0 Å². The molecule has 1 atom stereocenters. The zero-order valence-corrected chi connectivity index (χ0v) is 12.8. The lowest BCUT2D eigenvalue weighted by Crippen LogP contribution is -2.14. The van der Waals surface area contributed by atoms with Crippen molar-refractivity contribution in [3.8, 4) is 5.75 Å². The molecule has 0 aliphatic heterocycles. The summed E-state index contributed by atoms with van der Waals surface area (Å²) in [5.41, 5.74) is 1.02. The number of halogens is 1. The molecule has 0 radical (unpaired) electrons. The summed E-state index contributed by atoms with van der Waals surface area (Å²) in [6.07, 6.45) is 0.133. The van der Waals surface area contributed by atoms with Crippen LogP contribution in [0, 0.1) is 0 Å². The number of hydrogen-bond donors (Lipinski definition) is 1. The molecule has 2 nitrogen and oxygen atoms in total. The highest BCUT2D eigenvalue weighted by molar-refractivity contribution is 7.99. The largest absolute Gasteiger partial charge is 0.496 e. The Bertz CT molecular complexity index is 560. The molecule has 20 heavy (non-hydrogen) atoms. The van der Waals surface area contributed by atoms with Gasteiger partial charge < -0.3 is 9.84 Å². The van der Waals surface area contributed by atoms with Crippen molar-refractivity contribution in [2.24, 2.45) is 0 Å². The number of para-hydroxylation sites is 1. The lowest BCUT2D eigenvalue weighted by Gasteiger charge is -2.13. The lowest BCUT2D eigenvalue weighted by molar-refractivity contribution is 0.199. The number of thioether (sulfide) groups is 1. The van der Waals surface area contributed by atoms with E-state index in [1.54, 1.807) is 18.9 Å². The number of methoxy groups -OCH3 is 1. The highest BCUT2D eigenvalue weighted by Crippen LogP contribution is 2.28. The number of rotatable bonds is 6. The zero-order chi connectivity index (χ0) is 14.4. The monoisotopic (exact) mass is 308 g/mol. The van der Waals surface area contributed by atoms with Crippen LogP contribution in [0.25, 0.3) is 0 Å². The quantitative estimate of drug-likeness (QED) is 0.817. The Hall–Kier alpha value is -1.16. The number of benzene rings is 2. The molecule has 2 rings (SSSR count). The third-order valence-corrected chi connectivity index (χ3v) is 4.58. The second-order valence-corrected chi connectivity index (χ2v) is 5.88. The minimum absolute atomic E-state index is 0.437. The second kappa shape index (κ2) is 7.58. The van der Waals surface area contributed by atoms with E-state index in [1.807, 2.05) is 48.5 Å². The molecule has 0 bridgehead atoms. The second-order valence-electron chi connectivity index (χ2n) is 4.41. The molecule has 0 saturated carbocycles. The third-order valence-electron chi connectivity index (χ3n) is 2.92. The molecule has 0 spiro atoms. The first-order valence-electron chi connectivity index (χ1n) is 6.38. The van der Waals surface area contributed by atoms with Crippen molar-refractivity contribution in [1.29, 1.82) is 0 Å². The molecule has 0 saturated heterocycles. The summed E-state index contributed by atoms with van der Waals surface area (Å²) in [5.74, 6) is 1.41. The summed E-state index contributed by atoms with van der Waals surface area (Å²) in [5, 5.41) is 10.9. The number of hydrogen-bond acceptors (Lipinski definition) is 3. The molecule has 0 aromatic heterocycles. The van der Waals surface area contributed by atoms with E-state index < -0.39 is 6.10 Å². The van der Waals surface area contributed by atoms with Gasteiger partial charge in [0.25, 0.3) is 0 Å². The fraction of sp³-hybridized carbons (Fsp3) is 0.250. The molecule has 0 heterocycles. The van der Waals surface area contributed by atoms with Gasteiger partial charge in [0.2, 0.25) is 0 Å². The number of ether oxygens (including phenoxy) is 1. The van der Waals surface area contributed by atoms with Gasteiger partial charge in [-0.1, -0.05) is 41.9 Å². The highest BCUT2D eigenvalue weighted by atomic mass is 35.5. The van der Waals surface area contributed by atoms with E-state index in [1.165, 1.54) is 0 Å². The topological polar surface area (TPSA) is 29.5 Å². The van der Waals surface area contributed by atoms with Gasteiger partial charge in [0.05, 0.1) is 18.2 Å². The third kappa shape index (κ3) is 4.17. The Balaban J connectivity index is 1.93. The average molecular weight is 309 g/mol. The van der Waals surface area contributed by atoms with Crippen molar-refractivity contribution >= 4 is 23.4 Å². The first-order valence-corrected chi connectivity index (χ1v) is 7.74.